The van der Waals surface area contributed by atoms with E-state index in [0.29, 0.717) is 0 Å². The molecule has 0 bridgehead atoms. The van der Waals surface area contributed by atoms with Crippen LogP contribution in [0.2, 0.25) is 0 Å². The van der Waals surface area contributed by atoms with E-state index in [1.54, 1.807) is 0 Å². The number of ether oxygens (including phenoxy) is 2. The summed E-state index contributed by atoms with van der Waals surface area (Å²) in [4.78, 5) is 0. The fourth-order valence-corrected chi connectivity index (χ4v) is 4.79. The fourth-order valence-electron chi connectivity index (χ4n) is 4.79. The van der Waals surface area contributed by atoms with E-state index in [2.05, 4.69) is 36.3 Å². The Morgan fingerprint density at radius 1 is 0.538 bits per heavy atom. The third-order valence-electron chi connectivity index (χ3n) is 7.28. The highest BCUT2D eigenvalue weighted by Crippen LogP contribution is 2.22. The van der Waals surface area contributed by atoms with E-state index in [1.165, 1.54) is 89.9 Å². The Labute approximate surface area is 237 Å². The maximum atomic E-state index is 5.94. The summed E-state index contributed by atoms with van der Waals surface area (Å²) in [5.41, 5.74) is 2.85. The van der Waals surface area contributed by atoms with Crippen LogP contribution in [0.15, 0.2) is 54.7 Å². The van der Waals surface area contributed by atoms with E-state index in [4.69, 9.17) is 9.47 Å². The van der Waals surface area contributed by atoms with Crippen molar-refractivity contribution in [2.24, 2.45) is 0 Å². The molecule has 214 valence electrons. The average molecular weight is 534 g/mol. The number of hydrogen-bond acceptors (Lipinski definition) is 4. The van der Waals surface area contributed by atoms with Crippen molar-refractivity contribution in [1.29, 1.82) is 0 Å². The summed E-state index contributed by atoms with van der Waals surface area (Å²) in [5.74, 6) is 1.82. The lowest BCUT2D eigenvalue weighted by Crippen LogP contribution is -1.98. The minimum absolute atomic E-state index is 0.778. The SMILES string of the molecule is CCCCCCCCCCOc1ccc(-c2cn(-c3ccc(OCCCCCCCCCC)cc3)nn2)cc1. The summed E-state index contributed by atoms with van der Waals surface area (Å²) in [5, 5.41) is 8.71. The van der Waals surface area contributed by atoms with Crippen molar-refractivity contribution in [3.8, 4) is 28.4 Å². The third-order valence-corrected chi connectivity index (χ3v) is 7.28. The van der Waals surface area contributed by atoms with Gasteiger partial charge in [-0.15, -0.1) is 5.10 Å². The van der Waals surface area contributed by atoms with Crippen molar-refractivity contribution in [1.82, 2.24) is 15.0 Å². The summed E-state index contributed by atoms with van der Waals surface area (Å²) >= 11 is 0. The quantitative estimate of drug-likeness (QED) is 0.121. The number of nitrogens with zero attached hydrogens (tertiary/aromatic N) is 3. The molecule has 3 aromatic rings. The lowest BCUT2D eigenvalue weighted by molar-refractivity contribution is 0.304. The van der Waals surface area contributed by atoms with Crippen molar-refractivity contribution in [3.05, 3.63) is 54.7 Å². The first kappa shape index (κ1) is 30.7. The molecule has 0 saturated carbocycles. The predicted octanol–water partition coefficient (Wildman–Crippen LogP) is 9.97. The molecule has 0 aliphatic rings. The maximum Gasteiger partial charge on any atom is 0.119 e. The van der Waals surface area contributed by atoms with Crippen LogP contribution in [-0.2, 0) is 0 Å². The molecular formula is C34H51N3O2. The zero-order valence-corrected chi connectivity index (χ0v) is 24.6. The molecule has 5 heteroatoms. The van der Waals surface area contributed by atoms with Crippen LogP contribution < -0.4 is 9.47 Å². The zero-order valence-electron chi connectivity index (χ0n) is 24.6. The van der Waals surface area contributed by atoms with Crippen molar-refractivity contribution in [3.63, 3.8) is 0 Å². The molecule has 2 aromatic carbocycles. The minimum Gasteiger partial charge on any atom is -0.494 e. The summed E-state index contributed by atoms with van der Waals surface area (Å²) < 4.78 is 13.7. The highest BCUT2D eigenvalue weighted by molar-refractivity contribution is 5.59. The first-order chi connectivity index (χ1) is 19.3. The van der Waals surface area contributed by atoms with E-state index >= 15 is 0 Å². The van der Waals surface area contributed by atoms with Gasteiger partial charge in [-0.2, -0.15) is 0 Å². The molecule has 0 unspecified atom stereocenters. The van der Waals surface area contributed by atoms with E-state index in [-0.39, 0.29) is 0 Å². The summed E-state index contributed by atoms with van der Waals surface area (Å²) in [6, 6.07) is 16.3. The second-order valence-corrected chi connectivity index (χ2v) is 10.7. The molecule has 0 aliphatic carbocycles. The van der Waals surface area contributed by atoms with Gasteiger partial charge in [-0.25, -0.2) is 4.68 Å². The van der Waals surface area contributed by atoms with Gasteiger partial charge in [0.2, 0.25) is 0 Å². The molecule has 0 aliphatic heterocycles. The smallest absolute Gasteiger partial charge is 0.119 e. The molecule has 0 atom stereocenters. The lowest BCUT2D eigenvalue weighted by Gasteiger charge is -2.07. The van der Waals surface area contributed by atoms with Gasteiger partial charge in [0.1, 0.15) is 17.2 Å². The zero-order chi connectivity index (χ0) is 27.4. The number of hydrogen-bond donors (Lipinski definition) is 0. The van der Waals surface area contributed by atoms with Gasteiger partial charge >= 0.3 is 0 Å². The Morgan fingerprint density at radius 3 is 1.46 bits per heavy atom. The van der Waals surface area contributed by atoms with Gasteiger partial charge in [0.15, 0.2) is 0 Å². The van der Waals surface area contributed by atoms with Crippen molar-refractivity contribution in [2.75, 3.05) is 13.2 Å². The molecule has 0 fully saturated rings. The van der Waals surface area contributed by atoms with E-state index in [1.807, 2.05) is 47.3 Å². The van der Waals surface area contributed by atoms with Crippen LogP contribution >= 0.6 is 0 Å². The second kappa shape index (κ2) is 19.3. The van der Waals surface area contributed by atoms with Crippen LogP contribution in [0.25, 0.3) is 16.9 Å². The van der Waals surface area contributed by atoms with Crippen LogP contribution in [0.1, 0.15) is 117 Å². The molecule has 0 spiro atoms. The lowest BCUT2D eigenvalue weighted by atomic mass is 10.1. The van der Waals surface area contributed by atoms with Gasteiger partial charge < -0.3 is 9.47 Å². The highest BCUT2D eigenvalue weighted by atomic mass is 16.5. The highest BCUT2D eigenvalue weighted by Gasteiger charge is 2.07. The first-order valence-electron chi connectivity index (χ1n) is 15.7. The normalized spacial score (nSPS) is 11.1. The Kier molecular flexibility index (Phi) is 15.2. The Morgan fingerprint density at radius 2 is 0.974 bits per heavy atom. The second-order valence-electron chi connectivity index (χ2n) is 10.7. The predicted molar refractivity (Wildman–Crippen MR) is 163 cm³/mol. The van der Waals surface area contributed by atoms with E-state index in [0.717, 1.165) is 54.5 Å². The molecule has 0 saturated heterocycles. The molecule has 5 nitrogen and oxygen atoms in total. The molecule has 0 radical (unpaired) electrons. The Bertz CT molecular complexity index is 918. The number of aromatic nitrogens is 3. The number of unbranched alkanes of at least 4 members (excludes halogenated alkanes) is 14. The Balaban J connectivity index is 1.33. The number of rotatable bonds is 22. The van der Waals surface area contributed by atoms with Crippen molar-refractivity contribution < 1.29 is 9.47 Å². The summed E-state index contributed by atoms with van der Waals surface area (Å²) in [6.07, 6.45) is 22.9. The average Bonchev–Trinajstić information content (AvgIpc) is 3.46. The third kappa shape index (κ3) is 12.3. The molecule has 0 amide bonds. The van der Waals surface area contributed by atoms with Gasteiger partial charge in [-0.3, -0.25) is 0 Å². The van der Waals surface area contributed by atoms with Gasteiger partial charge in [-0.1, -0.05) is 109 Å². The van der Waals surface area contributed by atoms with E-state index < -0.39 is 0 Å². The molecule has 39 heavy (non-hydrogen) atoms. The standard InChI is InChI=1S/C34H51N3O2/c1-3-5-7-9-11-13-15-17-27-38-32-23-19-30(20-24-32)34-29-37(36-35-34)31-21-25-33(26-22-31)39-28-18-16-14-12-10-8-6-4-2/h19-26,29H,3-18,27-28H2,1-2H3. The molecular weight excluding hydrogens is 482 g/mol. The topological polar surface area (TPSA) is 49.2 Å². The molecule has 1 aromatic heterocycles. The van der Waals surface area contributed by atoms with Gasteiger partial charge in [0.05, 0.1) is 25.1 Å². The van der Waals surface area contributed by atoms with Crippen molar-refractivity contribution >= 4 is 0 Å². The Hall–Kier alpha value is -2.82. The summed E-state index contributed by atoms with van der Waals surface area (Å²) in [7, 11) is 0. The van der Waals surface area contributed by atoms with Crippen LogP contribution in [0.5, 0.6) is 11.5 Å². The van der Waals surface area contributed by atoms with Crippen LogP contribution in [0.4, 0.5) is 0 Å². The van der Waals surface area contributed by atoms with Gasteiger partial charge in [0.25, 0.3) is 0 Å². The van der Waals surface area contributed by atoms with Crippen LogP contribution in [-0.4, -0.2) is 28.2 Å². The molecule has 1 heterocycles. The largest absolute Gasteiger partial charge is 0.494 e. The van der Waals surface area contributed by atoms with E-state index in [9.17, 15) is 0 Å². The molecule has 3 rings (SSSR count). The fraction of sp³-hybridized carbons (Fsp3) is 0.588. The van der Waals surface area contributed by atoms with Crippen LogP contribution in [0.3, 0.4) is 0 Å². The first-order valence-corrected chi connectivity index (χ1v) is 15.7. The number of benzene rings is 2. The minimum atomic E-state index is 0.778. The summed E-state index contributed by atoms with van der Waals surface area (Å²) in [6.45, 7) is 6.09. The van der Waals surface area contributed by atoms with Crippen LogP contribution in [0, 0.1) is 0 Å². The van der Waals surface area contributed by atoms with Gasteiger partial charge in [-0.05, 0) is 61.4 Å². The maximum absolute atomic E-state index is 5.94. The van der Waals surface area contributed by atoms with Crippen molar-refractivity contribution in [2.45, 2.75) is 117 Å². The molecule has 0 N–H and O–H groups in total. The monoisotopic (exact) mass is 533 g/mol. The van der Waals surface area contributed by atoms with Gasteiger partial charge in [0, 0.05) is 5.56 Å².